The fourth-order valence-corrected chi connectivity index (χ4v) is 5.49. The van der Waals surface area contributed by atoms with E-state index in [-0.39, 0.29) is 22.9 Å². The zero-order valence-corrected chi connectivity index (χ0v) is 23.0. The van der Waals surface area contributed by atoms with Crippen molar-refractivity contribution in [2.24, 2.45) is 0 Å². The van der Waals surface area contributed by atoms with Gasteiger partial charge < -0.3 is 19.6 Å². The third-order valence-corrected chi connectivity index (χ3v) is 6.83. The van der Waals surface area contributed by atoms with Crippen molar-refractivity contribution in [3.8, 4) is 11.5 Å². The molecule has 0 spiro atoms. The van der Waals surface area contributed by atoms with Crippen LogP contribution >= 0.6 is 0 Å². The summed E-state index contributed by atoms with van der Waals surface area (Å²) in [6, 6.07) is 7.47. The molecule has 0 saturated carbocycles. The molecule has 1 fully saturated rings. The fraction of sp³-hybridized carbons (Fsp3) is 0.448. The number of oxazole rings is 1. The summed E-state index contributed by atoms with van der Waals surface area (Å²) >= 11 is 0. The third kappa shape index (κ3) is 5.35. The average molecular weight is 518 g/mol. The molecule has 0 unspecified atom stereocenters. The lowest BCUT2D eigenvalue weighted by Crippen LogP contribution is -2.45. The molecule has 1 aliphatic rings. The molecule has 0 bridgehead atoms. The number of pyridine rings is 1. The smallest absolute Gasteiger partial charge is 0.277 e. The quantitative estimate of drug-likeness (QED) is 0.345. The van der Waals surface area contributed by atoms with Crippen molar-refractivity contribution in [1.82, 2.24) is 19.7 Å². The highest BCUT2D eigenvalue weighted by Crippen LogP contribution is 2.41. The van der Waals surface area contributed by atoms with E-state index in [2.05, 4.69) is 43.0 Å². The topological polar surface area (TPSA) is 115 Å². The van der Waals surface area contributed by atoms with Gasteiger partial charge in [-0.05, 0) is 85.6 Å². The highest BCUT2D eigenvalue weighted by molar-refractivity contribution is 6.04. The first-order valence-corrected chi connectivity index (χ1v) is 12.8. The third-order valence-electron chi connectivity index (χ3n) is 6.83. The Kier molecular flexibility index (Phi) is 6.19. The number of aryl methyl sites for hydroxylation is 1. The van der Waals surface area contributed by atoms with Gasteiger partial charge in [0.15, 0.2) is 5.69 Å². The van der Waals surface area contributed by atoms with Crippen LogP contribution in [0.2, 0.25) is 0 Å². The molecule has 9 nitrogen and oxygen atoms in total. The highest BCUT2D eigenvalue weighted by Gasteiger charge is 2.40. The largest absolute Gasteiger partial charge is 0.444 e. The van der Waals surface area contributed by atoms with Gasteiger partial charge in [0.1, 0.15) is 6.26 Å². The molecule has 4 aromatic rings. The summed E-state index contributed by atoms with van der Waals surface area (Å²) in [5.41, 5.74) is 1.74. The zero-order chi connectivity index (χ0) is 27.5. The van der Waals surface area contributed by atoms with Crippen molar-refractivity contribution in [2.45, 2.75) is 84.2 Å². The van der Waals surface area contributed by atoms with E-state index in [4.69, 9.17) is 14.3 Å². The summed E-state index contributed by atoms with van der Waals surface area (Å²) in [5.74, 6) is -0.0988. The molecule has 1 amide bonds. The number of aliphatic hydroxyl groups is 1. The maximum atomic E-state index is 13.2. The van der Waals surface area contributed by atoms with Gasteiger partial charge in [0.2, 0.25) is 5.89 Å². The van der Waals surface area contributed by atoms with Crippen LogP contribution in [-0.4, -0.2) is 42.0 Å². The first-order chi connectivity index (χ1) is 17.7. The summed E-state index contributed by atoms with van der Waals surface area (Å²) in [5, 5.41) is 19.6. The average Bonchev–Trinajstić information content (AvgIpc) is 3.43. The van der Waals surface area contributed by atoms with Crippen LogP contribution in [0.4, 0.5) is 5.69 Å². The van der Waals surface area contributed by atoms with Crippen molar-refractivity contribution in [3.63, 3.8) is 0 Å². The molecule has 2 N–H and O–H groups in total. The fourth-order valence-electron chi connectivity index (χ4n) is 5.49. The Morgan fingerprint density at radius 3 is 2.53 bits per heavy atom. The molecule has 4 heterocycles. The highest BCUT2D eigenvalue weighted by atomic mass is 16.5. The van der Waals surface area contributed by atoms with Crippen molar-refractivity contribution in [1.29, 1.82) is 0 Å². The Morgan fingerprint density at radius 2 is 1.87 bits per heavy atom. The van der Waals surface area contributed by atoms with Gasteiger partial charge in [0.25, 0.3) is 5.91 Å². The molecular weight excluding hydrogens is 482 g/mol. The summed E-state index contributed by atoms with van der Waals surface area (Å²) in [7, 11) is 0. The van der Waals surface area contributed by atoms with E-state index >= 15 is 0 Å². The molecule has 0 radical (unpaired) electrons. The maximum absolute atomic E-state index is 13.2. The second-order valence-electron chi connectivity index (χ2n) is 12.0. The van der Waals surface area contributed by atoms with Crippen LogP contribution in [0.1, 0.15) is 82.2 Å². The monoisotopic (exact) mass is 517 g/mol. The van der Waals surface area contributed by atoms with Crippen LogP contribution in [0.5, 0.6) is 0 Å². The van der Waals surface area contributed by atoms with Gasteiger partial charge in [-0.3, -0.25) is 14.5 Å². The van der Waals surface area contributed by atoms with E-state index in [9.17, 15) is 9.90 Å². The van der Waals surface area contributed by atoms with Crippen molar-refractivity contribution in [3.05, 3.63) is 59.9 Å². The molecule has 3 aromatic heterocycles. The number of nitrogens with zero attached hydrogens (tertiary/aromatic N) is 4. The van der Waals surface area contributed by atoms with Gasteiger partial charge in [-0.1, -0.05) is 0 Å². The minimum Gasteiger partial charge on any atom is -0.444 e. The first-order valence-electron chi connectivity index (χ1n) is 12.8. The van der Waals surface area contributed by atoms with Crippen LogP contribution in [-0.2, 0) is 10.3 Å². The number of rotatable bonds is 5. The van der Waals surface area contributed by atoms with Crippen LogP contribution in [0.3, 0.4) is 0 Å². The van der Waals surface area contributed by atoms with Crippen LogP contribution < -0.4 is 5.32 Å². The number of hydrogen-bond donors (Lipinski definition) is 2. The maximum Gasteiger partial charge on any atom is 0.277 e. The Bertz CT molecular complexity index is 1490. The molecule has 1 saturated heterocycles. The first kappa shape index (κ1) is 26.1. The van der Waals surface area contributed by atoms with E-state index in [0.29, 0.717) is 17.1 Å². The van der Waals surface area contributed by atoms with Crippen molar-refractivity contribution < 1.29 is 19.1 Å². The van der Waals surface area contributed by atoms with Crippen LogP contribution in [0, 0.1) is 6.92 Å². The minimum atomic E-state index is -1.22. The Balaban J connectivity index is 1.46. The predicted octanol–water partition coefficient (Wildman–Crippen LogP) is 5.78. The number of anilines is 1. The molecule has 38 heavy (non-hydrogen) atoms. The lowest BCUT2D eigenvalue weighted by Gasteiger charge is -2.45. The molecule has 9 heteroatoms. The molecule has 0 atom stereocenters. The van der Waals surface area contributed by atoms with Crippen molar-refractivity contribution >= 4 is 22.5 Å². The predicted molar refractivity (Wildman–Crippen MR) is 145 cm³/mol. The van der Waals surface area contributed by atoms with Gasteiger partial charge in [-0.15, -0.1) is 0 Å². The number of carbonyl (C=O) groups excluding carboxylic acids is 1. The van der Waals surface area contributed by atoms with E-state index in [1.165, 1.54) is 6.26 Å². The van der Waals surface area contributed by atoms with Crippen LogP contribution in [0.25, 0.3) is 22.4 Å². The summed E-state index contributed by atoms with van der Waals surface area (Å²) < 4.78 is 13.8. The molecule has 5 rings (SSSR count). The SMILES string of the molecule is Cc1cc(-c2nc(C(=O)Nc3cc4cn(C5CC(C)(C)OC(C)(C)C5)nc4cc3C(C)(C)O)co2)ccn1. The second kappa shape index (κ2) is 9.03. The van der Waals surface area contributed by atoms with Gasteiger partial charge in [-0.2, -0.15) is 5.10 Å². The minimum absolute atomic E-state index is 0.138. The van der Waals surface area contributed by atoms with Gasteiger partial charge >= 0.3 is 0 Å². The second-order valence-corrected chi connectivity index (χ2v) is 12.0. The Labute approximate surface area is 222 Å². The molecular formula is C29H35N5O4. The molecule has 1 aromatic carbocycles. The molecule has 0 aliphatic carbocycles. The lowest BCUT2D eigenvalue weighted by atomic mass is 9.85. The number of ether oxygens (including phenoxy) is 1. The number of amides is 1. The van der Waals surface area contributed by atoms with E-state index in [1.54, 1.807) is 26.1 Å². The van der Waals surface area contributed by atoms with E-state index < -0.39 is 11.5 Å². The van der Waals surface area contributed by atoms with E-state index in [1.807, 2.05) is 36.0 Å². The summed E-state index contributed by atoms with van der Waals surface area (Å²) in [6.45, 7) is 13.7. The standard InChI is InChI=1S/C29H35N5O4/c1-17-10-18(8-9-30-17)26-32-24(16-37-26)25(35)31-23-11-19-15-34(33-22(19)12-21(23)29(6,7)36)20-13-27(2,3)38-28(4,5)14-20/h8-12,15-16,20,36H,13-14H2,1-7H3,(H,31,35). The summed E-state index contributed by atoms with van der Waals surface area (Å²) in [6.07, 6.45) is 6.66. The Morgan fingerprint density at radius 1 is 1.16 bits per heavy atom. The lowest BCUT2D eigenvalue weighted by molar-refractivity contribution is -0.170. The van der Waals surface area contributed by atoms with Gasteiger partial charge in [0.05, 0.1) is 28.4 Å². The number of carbonyl (C=O) groups is 1. The van der Waals surface area contributed by atoms with Crippen LogP contribution in [0.15, 0.2) is 47.3 Å². The Hall–Kier alpha value is -3.56. The molecule has 1 aliphatic heterocycles. The van der Waals surface area contributed by atoms with Crippen molar-refractivity contribution in [2.75, 3.05) is 5.32 Å². The normalized spacial score (nSPS) is 17.6. The number of aromatic nitrogens is 4. The summed E-state index contributed by atoms with van der Waals surface area (Å²) in [4.78, 5) is 21.7. The number of hydrogen-bond acceptors (Lipinski definition) is 7. The number of nitrogens with one attached hydrogen (secondary N) is 1. The number of fused-ring (bicyclic) bond motifs is 1. The van der Waals surface area contributed by atoms with Gasteiger partial charge in [0, 0.05) is 40.3 Å². The van der Waals surface area contributed by atoms with Gasteiger partial charge in [-0.25, -0.2) is 4.98 Å². The number of benzene rings is 1. The molecule has 200 valence electrons. The zero-order valence-electron chi connectivity index (χ0n) is 23.0. The van der Waals surface area contributed by atoms with E-state index in [0.717, 1.165) is 35.0 Å².